The summed E-state index contributed by atoms with van der Waals surface area (Å²) in [5, 5.41) is 0. The minimum Gasteiger partial charge on any atom is -0.496 e. The van der Waals surface area contributed by atoms with Crippen molar-refractivity contribution in [3.05, 3.63) is 65.0 Å². The number of hydrogen-bond donors (Lipinski definition) is 0. The number of nitrogens with zero attached hydrogens (tertiary/aromatic N) is 1. The summed E-state index contributed by atoms with van der Waals surface area (Å²) in [6, 6.07) is 13.5. The molecule has 0 saturated heterocycles. The highest BCUT2D eigenvalue weighted by molar-refractivity contribution is 5.77. The first kappa shape index (κ1) is 26.5. The highest BCUT2D eigenvalue weighted by Gasteiger charge is 2.15. The molecule has 0 atom stereocenters. The summed E-state index contributed by atoms with van der Waals surface area (Å²) < 4.78 is 35.3. The third-order valence-electron chi connectivity index (χ3n) is 5.82. The topological polar surface area (TPSA) is 59.3 Å². The van der Waals surface area contributed by atoms with Crippen molar-refractivity contribution in [3.63, 3.8) is 0 Å². The zero-order valence-electron chi connectivity index (χ0n) is 22.0. The molecular formula is C29H34NO6+. The van der Waals surface area contributed by atoms with E-state index >= 15 is 0 Å². The Balaban J connectivity index is 2.03. The maximum atomic E-state index is 5.58. The van der Waals surface area contributed by atoms with Crippen LogP contribution in [0.25, 0.3) is 24.3 Å². The predicted molar refractivity (Wildman–Crippen MR) is 142 cm³/mol. The predicted octanol–water partition coefficient (Wildman–Crippen LogP) is 5.39. The second-order valence-corrected chi connectivity index (χ2v) is 7.68. The lowest BCUT2D eigenvalue weighted by molar-refractivity contribution is -0.696. The van der Waals surface area contributed by atoms with E-state index in [1.54, 1.807) is 42.7 Å². The highest BCUT2D eigenvalue weighted by Crippen LogP contribution is 2.36. The summed E-state index contributed by atoms with van der Waals surface area (Å²) in [5.41, 5.74) is 3.70. The monoisotopic (exact) mass is 492 g/mol. The molecule has 3 rings (SSSR count). The Morgan fingerprint density at radius 3 is 1.19 bits per heavy atom. The summed E-state index contributed by atoms with van der Waals surface area (Å²) in [5.74, 6) is 4.00. The van der Waals surface area contributed by atoms with Crippen molar-refractivity contribution in [2.45, 2.75) is 13.5 Å². The van der Waals surface area contributed by atoms with E-state index in [2.05, 4.69) is 23.6 Å². The molecule has 0 amide bonds. The molecule has 0 saturated carbocycles. The average Bonchev–Trinajstić information content (AvgIpc) is 2.93. The SMILES string of the molecule is CC[n+]1c(/C=C/c2c(OC)cc(OC)cc2OC)cccc1/C=C/c1c(OC)cc(OC)cc1OC. The largest absolute Gasteiger partial charge is 0.496 e. The first-order chi connectivity index (χ1) is 17.5. The summed E-state index contributed by atoms with van der Waals surface area (Å²) in [6.07, 6.45) is 8.06. The van der Waals surface area contributed by atoms with E-state index in [9.17, 15) is 0 Å². The van der Waals surface area contributed by atoms with Crippen LogP contribution in [0.3, 0.4) is 0 Å². The van der Waals surface area contributed by atoms with E-state index < -0.39 is 0 Å². The van der Waals surface area contributed by atoms with Gasteiger partial charge in [-0.15, -0.1) is 0 Å². The van der Waals surface area contributed by atoms with Crippen LogP contribution < -0.4 is 33.0 Å². The van der Waals surface area contributed by atoms with Gasteiger partial charge in [-0.2, -0.15) is 4.57 Å². The lowest BCUT2D eigenvalue weighted by Crippen LogP contribution is -2.38. The standard InChI is InChI=1S/C29H34NO6/c1-8-30-20(12-14-24-26(33-4)16-22(31-2)17-27(24)34-5)10-9-11-21(30)13-15-25-28(35-6)18-23(32-3)19-29(25)36-7/h9-19H,8H2,1-7H3/q+1/b14-12+,15-13+. The number of rotatable bonds is 11. The molecule has 0 N–H and O–H groups in total. The van der Waals surface area contributed by atoms with Crippen molar-refractivity contribution in [2.24, 2.45) is 0 Å². The van der Waals surface area contributed by atoms with Gasteiger partial charge in [-0.05, 0) is 25.1 Å². The van der Waals surface area contributed by atoms with E-state index in [0.29, 0.717) is 34.5 Å². The van der Waals surface area contributed by atoms with Crippen molar-refractivity contribution < 1.29 is 33.0 Å². The number of benzene rings is 2. The van der Waals surface area contributed by atoms with E-state index in [-0.39, 0.29) is 0 Å². The smallest absolute Gasteiger partial charge is 0.205 e. The molecule has 7 heteroatoms. The number of aromatic nitrogens is 1. The van der Waals surface area contributed by atoms with Crippen LogP contribution in [0.5, 0.6) is 34.5 Å². The van der Waals surface area contributed by atoms with Gasteiger partial charge < -0.3 is 28.4 Å². The normalized spacial score (nSPS) is 11.1. The second-order valence-electron chi connectivity index (χ2n) is 7.68. The van der Waals surface area contributed by atoms with Gasteiger partial charge in [0.2, 0.25) is 11.4 Å². The molecule has 2 aromatic carbocycles. The Bertz CT molecular complexity index is 1110. The van der Waals surface area contributed by atoms with Crippen LogP contribution in [-0.2, 0) is 6.54 Å². The molecule has 3 aromatic rings. The molecule has 36 heavy (non-hydrogen) atoms. The molecule has 1 aromatic heterocycles. The lowest BCUT2D eigenvalue weighted by Gasteiger charge is -2.12. The van der Waals surface area contributed by atoms with Crippen LogP contribution in [0.4, 0.5) is 0 Å². The minimum atomic E-state index is 0.667. The van der Waals surface area contributed by atoms with Gasteiger partial charge in [0.1, 0.15) is 41.0 Å². The van der Waals surface area contributed by atoms with Gasteiger partial charge in [-0.25, -0.2) is 0 Å². The van der Waals surface area contributed by atoms with Gasteiger partial charge in [0.25, 0.3) is 0 Å². The average molecular weight is 493 g/mol. The van der Waals surface area contributed by atoms with Crippen molar-refractivity contribution in [1.82, 2.24) is 0 Å². The third kappa shape index (κ3) is 5.74. The number of hydrogen-bond acceptors (Lipinski definition) is 6. The zero-order chi connectivity index (χ0) is 26.1. The van der Waals surface area contributed by atoms with Gasteiger partial charge in [-0.3, -0.25) is 0 Å². The summed E-state index contributed by atoms with van der Waals surface area (Å²) in [7, 11) is 9.75. The fourth-order valence-corrected chi connectivity index (χ4v) is 3.96. The fourth-order valence-electron chi connectivity index (χ4n) is 3.96. The molecule has 0 aliphatic heterocycles. The molecule has 0 aliphatic carbocycles. The van der Waals surface area contributed by atoms with Crippen LogP contribution in [0.1, 0.15) is 29.4 Å². The lowest BCUT2D eigenvalue weighted by atomic mass is 10.1. The van der Waals surface area contributed by atoms with Crippen molar-refractivity contribution in [3.8, 4) is 34.5 Å². The van der Waals surface area contributed by atoms with Crippen LogP contribution in [0.2, 0.25) is 0 Å². The van der Waals surface area contributed by atoms with Gasteiger partial charge >= 0.3 is 0 Å². The van der Waals surface area contributed by atoms with Gasteiger partial charge in [0, 0.05) is 48.6 Å². The first-order valence-corrected chi connectivity index (χ1v) is 11.5. The molecule has 1 heterocycles. The summed E-state index contributed by atoms with van der Waals surface area (Å²) >= 11 is 0. The van der Waals surface area contributed by atoms with Crippen molar-refractivity contribution in [2.75, 3.05) is 42.7 Å². The Kier molecular flexibility index (Phi) is 9.22. The highest BCUT2D eigenvalue weighted by atomic mass is 16.5. The third-order valence-corrected chi connectivity index (χ3v) is 5.82. The van der Waals surface area contributed by atoms with E-state index in [4.69, 9.17) is 28.4 Å². The molecule has 0 radical (unpaired) electrons. The van der Waals surface area contributed by atoms with Gasteiger partial charge in [0.05, 0.1) is 53.8 Å². The maximum absolute atomic E-state index is 5.58. The Hall–Kier alpha value is -4.13. The van der Waals surface area contributed by atoms with E-state index in [1.807, 2.05) is 54.6 Å². The summed E-state index contributed by atoms with van der Waals surface area (Å²) in [6.45, 7) is 2.88. The molecule has 0 bridgehead atoms. The minimum absolute atomic E-state index is 0.667. The quantitative estimate of drug-likeness (QED) is 0.335. The molecule has 0 unspecified atom stereocenters. The van der Waals surface area contributed by atoms with Crippen molar-refractivity contribution >= 4 is 24.3 Å². The number of methoxy groups -OCH3 is 6. The Morgan fingerprint density at radius 2 is 0.917 bits per heavy atom. The van der Waals surface area contributed by atoms with Crippen LogP contribution in [0.15, 0.2) is 42.5 Å². The van der Waals surface area contributed by atoms with Gasteiger partial charge in [0.15, 0.2) is 0 Å². The van der Waals surface area contributed by atoms with Crippen LogP contribution in [-0.4, -0.2) is 42.7 Å². The number of ether oxygens (including phenoxy) is 6. The Labute approximate surface area is 213 Å². The van der Waals surface area contributed by atoms with Crippen molar-refractivity contribution in [1.29, 1.82) is 0 Å². The molecule has 0 spiro atoms. The van der Waals surface area contributed by atoms with E-state index in [1.165, 1.54) is 0 Å². The molecule has 190 valence electrons. The molecule has 0 fully saturated rings. The Morgan fingerprint density at radius 1 is 0.556 bits per heavy atom. The number of pyridine rings is 1. The second kappa shape index (κ2) is 12.5. The van der Waals surface area contributed by atoms with Gasteiger partial charge in [-0.1, -0.05) is 0 Å². The van der Waals surface area contributed by atoms with Crippen LogP contribution in [0, 0.1) is 0 Å². The zero-order valence-corrected chi connectivity index (χ0v) is 22.0. The maximum Gasteiger partial charge on any atom is 0.205 e. The molecule has 0 aliphatic rings. The first-order valence-electron chi connectivity index (χ1n) is 11.5. The molecular weight excluding hydrogens is 458 g/mol. The molecule has 7 nitrogen and oxygen atoms in total. The fraction of sp³-hybridized carbons (Fsp3) is 0.276. The van der Waals surface area contributed by atoms with Crippen LogP contribution >= 0.6 is 0 Å². The summed E-state index contributed by atoms with van der Waals surface area (Å²) in [4.78, 5) is 0. The van der Waals surface area contributed by atoms with E-state index in [0.717, 1.165) is 29.1 Å².